The summed E-state index contributed by atoms with van der Waals surface area (Å²) in [6, 6.07) is 14.5. The molecular weight excluding hydrogens is 400 g/mol. The summed E-state index contributed by atoms with van der Waals surface area (Å²) in [5.74, 6) is -0.753. The quantitative estimate of drug-likeness (QED) is 0.421. The molecule has 0 radical (unpaired) electrons. The molecule has 0 aliphatic carbocycles. The number of phenols is 1. The van der Waals surface area contributed by atoms with E-state index in [0.29, 0.717) is 32.7 Å². The van der Waals surface area contributed by atoms with Gasteiger partial charge in [-0.1, -0.05) is 36.7 Å². The van der Waals surface area contributed by atoms with Crippen molar-refractivity contribution in [1.82, 2.24) is 9.88 Å². The van der Waals surface area contributed by atoms with Crippen LogP contribution < -0.4 is 5.32 Å². The molecule has 2 heterocycles. The van der Waals surface area contributed by atoms with Gasteiger partial charge in [0.15, 0.2) is 0 Å². The van der Waals surface area contributed by atoms with E-state index >= 15 is 0 Å². The first-order valence-corrected chi connectivity index (χ1v) is 10.2. The highest BCUT2D eigenvalue weighted by Crippen LogP contribution is 2.43. The third kappa shape index (κ3) is 2.48. The zero-order valence-corrected chi connectivity index (χ0v) is 17.2. The molecule has 5 rings (SSSR count). The standard InChI is InChI=1S/C24H19ClN2O3/c1-3-12(2)27-18-9-8-13(28)10-16(18)20-19(27)11-15(14-6-4-5-7-17(14)25)21-22(20)24(30)26-23(21)29/h4-12,28H,3H2,1-2H3,(H,26,29,30). The van der Waals surface area contributed by atoms with Gasteiger partial charge in [-0.3, -0.25) is 14.9 Å². The fourth-order valence-electron chi connectivity index (χ4n) is 4.44. The fourth-order valence-corrected chi connectivity index (χ4v) is 4.67. The Morgan fingerprint density at radius 3 is 2.47 bits per heavy atom. The summed E-state index contributed by atoms with van der Waals surface area (Å²) < 4.78 is 2.17. The average Bonchev–Trinajstić information content (AvgIpc) is 3.20. The Hall–Kier alpha value is -3.31. The van der Waals surface area contributed by atoms with E-state index < -0.39 is 11.8 Å². The van der Waals surface area contributed by atoms with Crippen molar-refractivity contribution in [3.05, 3.63) is 64.7 Å². The number of halogens is 1. The van der Waals surface area contributed by atoms with Crippen LogP contribution in [0.25, 0.3) is 32.9 Å². The second-order valence-corrected chi connectivity index (χ2v) is 8.07. The number of phenolic OH excluding ortho intramolecular Hbond substituents is 1. The second-order valence-electron chi connectivity index (χ2n) is 7.66. The zero-order chi connectivity index (χ0) is 21.2. The lowest BCUT2D eigenvalue weighted by molar-refractivity contribution is 0.0880. The maximum absolute atomic E-state index is 12.9. The van der Waals surface area contributed by atoms with Gasteiger partial charge in [0.2, 0.25) is 0 Å². The summed E-state index contributed by atoms with van der Waals surface area (Å²) in [6.45, 7) is 4.21. The van der Waals surface area contributed by atoms with E-state index in [1.54, 1.807) is 18.2 Å². The number of imide groups is 1. The van der Waals surface area contributed by atoms with Gasteiger partial charge in [-0.15, -0.1) is 0 Å². The van der Waals surface area contributed by atoms with E-state index in [4.69, 9.17) is 11.6 Å². The van der Waals surface area contributed by atoms with Gasteiger partial charge in [-0.05, 0) is 49.2 Å². The predicted molar refractivity (Wildman–Crippen MR) is 118 cm³/mol. The lowest BCUT2D eigenvalue weighted by atomic mass is 9.93. The van der Waals surface area contributed by atoms with Crippen LogP contribution in [-0.2, 0) is 0 Å². The van der Waals surface area contributed by atoms with Crippen LogP contribution in [0.1, 0.15) is 47.0 Å². The minimum Gasteiger partial charge on any atom is -0.508 e. The molecule has 1 aliphatic heterocycles. The molecule has 0 saturated heterocycles. The molecule has 150 valence electrons. The SMILES string of the molecule is CCC(C)n1c2ccc(O)cc2c2c3c(c(-c4ccccc4Cl)cc21)C(=O)NC3=O. The van der Waals surface area contributed by atoms with Gasteiger partial charge < -0.3 is 9.67 Å². The summed E-state index contributed by atoms with van der Waals surface area (Å²) in [5, 5.41) is 14.5. The van der Waals surface area contributed by atoms with E-state index in [-0.39, 0.29) is 11.8 Å². The molecule has 1 aromatic heterocycles. The first-order chi connectivity index (χ1) is 14.4. The molecule has 0 spiro atoms. The molecule has 1 unspecified atom stereocenters. The van der Waals surface area contributed by atoms with Gasteiger partial charge in [0.25, 0.3) is 11.8 Å². The van der Waals surface area contributed by atoms with Crippen LogP contribution in [-0.4, -0.2) is 21.5 Å². The number of hydrogen-bond acceptors (Lipinski definition) is 3. The van der Waals surface area contributed by atoms with E-state index in [9.17, 15) is 14.7 Å². The van der Waals surface area contributed by atoms with Crippen LogP contribution in [0, 0.1) is 0 Å². The number of rotatable bonds is 3. The molecule has 2 amide bonds. The topological polar surface area (TPSA) is 71.3 Å². The van der Waals surface area contributed by atoms with Gasteiger partial charge >= 0.3 is 0 Å². The smallest absolute Gasteiger partial charge is 0.259 e. The Morgan fingerprint density at radius 2 is 1.73 bits per heavy atom. The van der Waals surface area contributed by atoms with Crippen molar-refractivity contribution >= 4 is 45.2 Å². The predicted octanol–water partition coefficient (Wildman–Crippen LogP) is 5.68. The Kier molecular flexibility index (Phi) is 4.12. The number of aromatic hydroxyl groups is 1. The van der Waals surface area contributed by atoms with Crippen molar-refractivity contribution < 1.29 is 14.7 Å². The van der Waals surface area contributed by atoms with Gasteiger partial charge in [0.05, 0.1) is 16.6 Å². The van der Waals surface area contributed by atoms with Crippen LogP contribution in [0.4, 0.5) is 0 Å². The Balaban J connectivity index is 2.04. The van der Waals surface area contributed by atoms with E-state index in [1.165, 1.54) is 0 Å². The van der Waals surface area contributed by atoms with Crippen LogP contribution in [0.5, 0.6) is 5.75 Å². The average molecular weight is 419 g/mol. The Labute approximate surface area is 177 Å². The molecular formula is C24H19ClN2O3. The summed E-state index contributed by atoms with van der Waals surface area (Å²) in [4.78, 5) is 25.7. The summed E-state index contributed by atoms with van der Waals surface area (Å²) >= 11 is 6.47. The second kappa shape index (κ2) is 6.61. The summed E-state index contributed by atoms with van der Waals surface area (Å²) in [6.07, 6.45) is 0.878. The van der Waals surface area contributed by atoms with Crippen molar-refractivity contribution in [3.8, 4) is 16.9 Å². The first-order valence-electron chi connectivity index (χ1n) is 9.86. The van der Waals surface area contributed by atoms with Crippen molar-refractivity contribution in [2.24, 2.45) is 0 Å². The number of carbonyl (C=O) groups excluding carboxylic acids is 2. The molecule has 5 nitrogen and oxygen atoms in total. The molecule has 4 aromatic rings. The molecule has 0 bridgehead atoms. The molecule has 0 saturated carbocycles. The van der Waals surface area contributed by atoms with Crippen LogP contribution in [0.2, 0.25) is 5.02 Å². The number of hydrogen-bond donors (Lipinski definition) is 2. The number of carbonyl (C=O) groups is 2. The molecule has 3 aromatic carbocycles. The van der Waals surface area contributed by atoms with Gasteiger partial charge in [0, 0.05) is 32.9 Å². The van der Waals surface area contributed by atoms with Crippen molar-refractivity contribution in [1.29, 1.82) is 0 Å². The lowest BCUT2D eigenvalue weighted by Crippen LogP contribution is -2.20. The third-order valence-corrected chi connectivity index (χ3v) is 6.28. The summed E-state index contributed by atoms with van der Waals surface area (Å²) in [7, 11) is 0. The highest BCUT2D eigenvalue weighted by Gasteiger charge is 2.35. The molecule has 6 heteroatoms. The molecule has 1 aliphatic rings. The molecule has 30 heavy (non-hydrogen) atoms. The monoisotopic (exact) mass is 418 g/mol. The van der Waals surface area contributed by atoms with Crippen molar-refractivity contribution in [2.45, 2.75) is 26.3 Å². The summed E-state index contributed by atoms with van der Waals surface area (Å²) in [5.41, 5.74) is 3.73. The Morgan fingerprint density at radius 1 is 1.00 bits per heavy atom. The minimum absolute atomic E-state index is 0.111. The highest BCUT2D eigenvalue weighted by molar-refractivity contribution is 6.36. The van der Waals surface area contributed by atoms with E-state index in [2.05, 4.69) is 23.7 Å². The molecule has 1 atom stereocenters. The van der Waals surface area contributed by atoms with Crippen LogP contribution in [0.3, 0.4) is 0 Å². The fraction of sp³-hybridized carbons (Fsp3) is 0.167. The maximum atomic E-state index is 12.9. The minimum atomic E-state index is -0.434. The van der Waals surface area contributed by atoms with Crippen molar-refractivity contribution in [2.75, 3.05) is 0 Å². The van der Waals surface area contributed by atoms with E-state index in [1.807, 2.05) is 30.3 Å². The number of benzene rings is 3. The number of nitrogens with one attached hydrogen (secondary N) is 1. The zero-order valence-electron chi connectivity index (χ0n) is 16.5. The number of fused-ring (bicyclic) bond motifs is 5. The van der Waals surface area contributed by atoms with Gasteiger partial charge in [-0.25, -0.2) is 0 Å². The number of nitrogens with zero attached hydrogens (tertiary/aromatic N) is 1. The molecule has 2 N–H and O–H groups in total. The van der Waals surface area contributed by atoms with Gasteiger partial charge in [-0.2, -0.15) is 0 Å². The van der Waals surface area contributed by atoms with Gasteiger partial charge in [0.1, 0.15) is 5.75 Å². The normalized spacial score (nSPS) is 14.4. The number of amides is 2. The largest absolute Gasteiger partial charge is 0.508 e. The maximum Gasteiger partial charge on any atom is 0.259 e. The third-order valence-electron chi connectivity index (χ3n) is 5.95. The molecule has 0 fully saturated rings. The highest BCUT2D eigenvalue weighted by atomic mass is 35.5. The first kappa shape index (κ1) is 18.7. The lowest BCUT2D eigenvalue weighted by Gasteiger charge is -2.16. The van der Waals surface area contributed by atoms with Crippen LogP contribution in [0.15, 0.2) is 48.5 Å². The number of aromatic nitrogens is 1. The van der Waals surface area contributed by atoms with E-state index in [0.717, 1.165) is 22.8 Å². The van der Waals surface area contributed by atoms with Crippen molar-refractivity contribution in [3.63, 3.8) is 0 Å². The van der Waals surface area contributed by atoms with Crippen LogP contribution >= 0.6 is 11.6 Å². The Bertz CT molecular complexity index is 1390.